The molecule has 112 valence electrons. The van der Waals surface area contributed by atoms with Gasteiger partial charge in [0.05, 0.1) is 0 Å². The van der Waals surface area contributed by atoms with Gasteiger partial charge in [-0.3, -0.25) is 4.90 Å². The fourth-order valence-corrected chi connectivity index (χ4v) is 2.97. The Labute approximate surface area is 124 Å². The first kappa shape index (κ1) is 15.5. The second-order valence-corrected chi connectivity index (χ2v) is 6.76. The molecular formula is C18H30N2. The van der Waals surface area contributed by atoms with E-state index >= 15 is 0 Å². The lowest BCUT2D eigenvalue weighted by Gasteiger charge is -2.33. The average Bonchev–Trinajstić information content (AvgIpc) is 3.22. The largest absolute Gasteiger partial charge is 0.329 e. The van der Waals surface area contributed by atoms with E-state index in [0.717, 1.165) is 18.5 Å². The van der Waals surface area contributed by atoms with Gasteiger partial charge in [0.15, 0.2) is 0 Å². The van der Waals surface area contributed by atoms with E-state index in [0.29, 0.717) is 6.04 Å². The van der Waals surface area contributed by atoms with Gasteiger partial charge in [-0.05, 0) is 56.7 Å². The summed E-state index contributed by atoms with van der Waals surface area (Å²) in [5.74, 6) is 0.758. The predicted molar refractivity (Wildman–Crippen MR) is 86.9 cm³/mol. The molecule has 1 aromatic carbocycles. The molecule has 1 fully saturated rings. The number of benzene rings is 1. The van der Waals surface area contributed by atoms with Crippen LogP contribution in [-0.2, 0) is 0 Å². The Hall–Kier alpha value is -0.860. The predicted octanol–water partition coefficient (Wildman–Crippen LogP) is 3.81. The minimum absolute atomic E-state index is 0.390. The minimum atomic E-state index is 0.390. The van der Waals surface area contributed by atoms with Crippen LogP contribution in [-0.4, -0.2) is 24.0 Å². The number of hydrogen-bond donors (Lipinski definition) is 1. The molecule has 2 nitrogen and oxygen atoms in total. The molecule has 20 heavy (non-hydrogen) atoms. The van der Waals surface area contributed by atoms with Gasteiger partial charge in [0.2, 0.25) is 0 Å². The summed E-state index contributed by atoms with van der Waals surface area (Å²) in [4.78, 5) is 2.67. The maximum Gasteiger partial charge on any atom is 0.0476 e. The van der Waals surface area contributed by atoms with Gasteiger partial charge in [-0.1, -0.05) is 37.6 Å². The average molecular weight is 274 g/mol. The summed E-state index contributed by atoms with van der Waals surface area (Å²) >= 11 is 0. The van der Waals surface area contributed by atoms with E-state index in [2.05, 4.69) is 50.8 Å². The molecule has 2 rings (SSSR count). The third-order valence-electron chi connectivity index (χ3n) is 4.40. The van der Waals surface area contributed by atoms with Gasteiger partial charge in [-0.2, -0.15) is 0 Å². The summed E-state index contributed by atoms with van der Waals surface area (Å²) in [7, 11) is 0. The van der Waals surface area contributed by atoms with Gasteiger partial charge in [0, 0.05) is 18.6 Å². The molecule has 0 bridgehead atoms. The van der Waals surface area contributed by atoms with Crippen LogP contribution >= 0.6 is 0 Å². The zero-order valence-corrected chi connectivity index (χ0v) is 13.5. The zero-order valence-electron chi connectivity index (χ0n) is 13.5. The molecule has 1 atom stereocenters. The smallest absolute Gasteiger partial charge is 0.0476 e. The number of hydrogen-bond acceptors (Lipinski definition) is 2. The van der Waals surface area contributed by atoms with Crippen LogP contribution < -0.4 is 5.73 Å². The molecule has 0 saturated heterocycles. The van der Waals surface area contributed by atoms with Gasteiger partial charge >= 0.3 is 0 Å². The maximum atomic E-state index is 6.15. The zero-order chi connectivity index (χ0) is 14.7. The van der Waals surface area contributed by atoms with E-state index < -0.39 is 0 Å². The van der Waals surface area contributed by atoms with Crippen LogP contribution in [0.1, 0.15) is 55.8 Å². The molecule has 0 amide bonds. The number of aryl methyl sites for hydroxylation is 2. The normalized spacial score (nSPS) is 16.9. The van der Waals surface area contributed by atoms with E-state index in [-0.39, 0.29) is 0 Å². The molecule has 0 aromatic heterocycles. The van der Waals surface area contributed by atoms with Gasteiger partial charge < -0.3 is 5.73 Å². The van der Waals surface area contributed by atoms with E-state index in [1.165, 1.54) is 42.5 Å². The first-order valence-corrected chi connectivity index (χ1v) is 8.06. The highest BCUT2D eigenvalue weighted by Crippen LogP contribution is 2.35. The second kappa shape index (κ2) is 6.73. The SMILES string of the molecule is Cc1ccc(C)c(C(CN)N(CCC(C)C)C2CC2)c1. The molecule has 2 heteroatoms. The number of nitrogens with two attached hydrogens (primary N) is 1. The van der Waals surface area contributed by atoms with Crippen LogP contribution in [0.15, 0.2) is 18.2 Å². The lowest BCUT2D eigenvalue weighted by molar-refractivity contribution is 0.180. The van der Waals surface area contributed by atoms with Crippen molar-refractivity contribution in [2.45, 2.75) is 59.0 Å². The van der Waals surface area contributed by atoms with Crippen LogP contribution in [0.5, 0.6) is 0 Å². The molecule has 1 unspecified atom stereocenters. The van der Waals surface area contributed by atoms with Gasteiger partial charge in [-0.15, -0.1) is 0 Å². The van der Waals surface area contributed by atoms with Crippen LogP contribution in [0, 0.1) is 19.8 Å². The fourth-order valence-electron chi connectivity index (χ4n) is 2.97. The summed E-state index contributed by atoms with van der Waals surface area (Å²) in [6.07, 6.45) is 3.96. The minimum Gasteiger partial charge on any atom is -0.329 e. The molecule has 2 N–H and O–H groups in total. The van der Waals surface area contributed by atoms with Crippen LogP contribution in [0.4, 0.5) is 0 Å². The first-order chi connectivity index (χ1) is 9.52. The Kier molecular flexibility index (Phi) is 5.22. The van der Waals surface area contributed by atoms with Crippen molar-refractivity contribution in [1.82, 2.24) is 4.90 Å². The summed E-state index contributed by atoms with van der Waals surface area (Å²) in [6, 6.07) is 7.92. The standard InChI is InChI=1S/C18H30N2/c1-13(2)9-10-20(16-7-8-16)18(12-19)17-11-14(3)5-6-15(17)4/h5-6,11,13,16,18H,7-10,12,19H2,1-4H3. The van der Waals surface area contributed by atoms with Crippen molar-refractivity contribution in [2.24, 2.45) is 11.7 Å². The van der Waals surface area contributed by atoms with Crippen LogP contribution in [0.2, 0.25) is 0 Å². The van der Waals surface area contributed by atoms with E-state index in [4.69, 9.17) is 5.73 Å². The Bertz CT molecular complexity index is 435. The lowest BCUT2D eigenvalue weighted by atomic mass is 9.97. The second-order valence-electron chi connectivity index (χ2n) is 6.76. The van der Waals surface area contributed by atoms with Crippen molar-refractivity contribution in [3.63, 3.8) is 0 Å². The molecular weight excluding hydrogens is 244 g/mol. The molecule has 1 saturated carbocycles. The molecule has 1 aromatic rings. The van der Waals surface area contributed by atoms with Crippen molar-refractivity contribution in [3.05, 3.63) is 34.9 Å². The van der Waals surface area contributed by atoms with E-state index in [1.54, 1.807) is 0 Å². The number of nitrogens with zero attached hydrogens (tertiary/aromatic N) is 1. The van der Waals surface area contributed by atoms with Crippen molar-refractivity contribution < 1.29 is 0 Å². The molecule has 0 spiro atoms. The summed E-state index contributed by atoms with van der Waals surface area (Å²) in [5, 5.41) is 0. The van der Waals surface area contributed by atoms with Crippen molar-refractivity contribution in [1.29, 1.82) is 0 Å². The highest BCUT2D eigenvalue weighted by atomic mass is 15.2. The summed E-state index contributed by atoms with van der Waals surface area (Å²) in [6.45, 7) is 10.9. The van der Waals surface area contributed by atoms with Crippen LogP contribution in [0.25, 0.3) is 0 Å². The monoisotopic (exact) mass is 274 g/mol. The van der Waals surface area contributed by atoms with Crippen molar-refractivity contribution in [3.8, 4) is 0 Å². The van der Waals surface area contributed by atoms with Gasteiger partial charge in [0.25, 0.3) is 0 Å². The number of rotatable bonds is 7. The van der Waals surface area contributed by atoms with Gasteiger partial charge in [-0.25, -0.2) is 0 Å². The first-order valence-electron chi connectivity index (χ1n) is 8.06. The molecule has 0 heterocycles. The Morgan fingerprint density at radius 1 is 1.25 bits per heavy atom. The summed E-state index contributed by atoms with van der Waals surface area (Å²) < 4.78 is 0. The third kappa shape index (κ3) is 3.83. The highest BCUT2D eigenvalue weighted by Gasteiger charge is 2.34. The summed E-state index contributed by atoms with van der Waals surface area (Å²) in [5.41, 5.74) is 10.3. The van der Waals surface area contributed by atoms with E-state index in [1.807, 2.05) is 0 Å². The van der Waals surface area contributed by atoms with Crippen LogP contribution in [0.3, 0.4) is 0 Å². The molecule has 1 aliphatic carbocycles. The topological polar surface area (TPSA) is 29.3 Å². The Morgan fingerprint density at radius 2 is 1.95 bits per heavy atom. The highest BCUT2D eigenvalue weighted by molar-refractivity contribution is 5.33. The molecule has 0 radical (unpaired) electrons. The molecule has 1 aliphatic rings. The quantitative estimate of drug-likeness (QED) is 0.819. The van der Waals surface area contributed by atoms with Gasteiger partial charge in [0.1, 0.15) is 0 Å². The van der Waals surface area contributed by atoms with E-state index in [9.17, 15) is 0 Å². The fraction of sp³-hybridized carbons (Fsp3) is 0.667. The lowest BCUT2D eigenvalue weighted by Crippen LogP contribution is -2.37. The van der Waals surface area contributed by atoms with Crippen molar-refractivity contribution in [2.75, 3.05) is 13.1 Å². The Balaban J connectivity index is 2.21. The van der Waals surface area contributed by atoms with Crippen molar-refractivity contribution >= 4 is 0 Å². The maximum absolute atomic E-state index is 6.15. The molecule has 0 aliphatic heterocycles. The third-order valence-corrected chi connectivity index (χ3v) is 4.40. The Morgan fingerprint density at radius 3 is 2.50 bits per heavy atom.